The first-order chi connectivity index (χ1) is 10.2. The molecule has 1 aliphatic heterocycles. The average molecular weight is 332 g/mol. The molecular weight excluding hydrogens is 305 g/mol. The molecule has 22 heavy (non-hydrogen) atoms. The van der Waals surface area contributed by atoms with Gasteiger partial charge in [0.15, 0.2) is 0 Å². The number of unbranched alkanes of at least 4 members (excludes halogenated alkanes) is 1. The molecule has 1 fully saturated rings. The predicted octanol–water partition coefficient (Wildman–Crippen LogP) is 3.25. The molecule has 126 valence electrons. The van der Waals surface area contributed by atoms with Crippen molar-refractivity contribution >= 4 is 12.4 Å². The minimum atomic E-state index is -0.955. The SMILES string of the molecule is COCCCC[C@@](O)(c1cccc(F)c1)C1CCCNC1.Cl. The van der Waals surface area contributed by atoms with Crippen LogP contribution in [-0.2, 0) is 10.3 Å². The van der Waals surface area contributed by atoms with Crippen molar-refractivity contribution in [1.29, 1.82) is 0 Å². The Labute approximate surface area is 138 Å². The number of methoxy groups -OCH3 is 1. The minimum Gasteiger partial charge on any atom is -0.385 e. The van der Waals surface area contributed by atoms with Crippen molar-refractivity contribution in [2.45, 2.75) is 37.7 Å². The summed E-state index contributed by atoms with van der Waals surface area (Å²) in [6.45, 7) is 2.48. The second-order valence-electron chi connectivity index (χ2n) is 5.93. The summed E-state index contributed by atoms with van der Waals surface area (Å²) in [4.78, 5) is 0. The summed E-state index contributed by atoms with van der Waals surface area (Å²) in [5.74, 6) is -0.151. The second-order valence-corrected chi connectivity index (χ2v) is 5.93. The zero-order valence-electron chi connectivity index (χ0n) is 13.2. The van der Waals surface area contributed by atoms with Gasteiger partial charge in [-0.3, -0.25) is 0 Å². The van der Waals surface area contributed by atoms with Crippen LogP contribution in [0, 0.1) is 11.7 Å². The van der Waals surface area contributed by atoms with Crippen LogP contribution in [0.4, 0.5) is 4.39 Å². The number of halogens is 2. The van der Waals surface area contributed by atoms with Crippen LogP contribution in [-0.4, -0.2) is 31.9 Å². The van der Waals surface area contributed by atoms with Gasteiger partial charge in [-0.05, 0) is 56.3 Å². The lowest BCUT2D eigenvalue weighted by Gasteiger charge is -2.39. The van der Waals surface area contributed by atoms with Gasteiger partial charge in [-0.1, -0.05) is 12.1 Å². The summed E-state index contributed by atoms with van der Waals surface area (Å²) in [7, 11) is 1.68. The normalized spacial score (nSPS) is 21.0. The highest BCUT2D eigenvalue weighted by Crippen LogP contribution is 2.38. The van der Waals surface area contributed by atoms with Crippen LogP contribution >= 0.6 is 12.4 Å². The van der Waals surface area contributed by atoms with Crippen molar-refractivity contribution in [2.24, 2.45) is 5.92 Å². The lowest BCUT2D eigenvalue weighted by atomic mass is 9.74. The van der Waals surface area contributed by atoms with E-state index in [-0.39, 0.29) is 24.1 Å². The molecule has 1 aliphatic rings. The molecule has 1 heterocycles. The zero-order chi connectivity index (χ0) is 15.1. The van der Waals surface area contributed by atoms with Gasteiger partial charge in [0.1, 0.15) is 5.82 Å². The zero-order valence-corrected chi connectivity index (χ0v) is 14.0. The van der Waals surface area contributed by atoms with E-state index in [0.29, 0.717) is 18.6 Å². The van der Waals surface area contributed by atoms with Crippen LogP contribution in [0.25, 0.3) is 0 Å². The quantitative estimate of drug-likeness (QED) is 0.754. The van der Waals surface area contributed by atoms with Gasteiger partial charge in [-0.15, -0.1) is 12.4 Å². The van der Waals surface area contributed by atoms with E-state index in [4.69, 9.17) is 4.74 Å². The maximum atomic E-state index is 13.6. The molecule has 2 atom stereocenters. The fraction of sp³-hybridized carbons (Fsp3) is 0.647. The van der Waals surface area contributed by atoms with E-state index in [9.17, 15) is 9.50 Å². The fourth-order valence-corrected chi connectivity index (χ4v) is 3.24. The van der Waals surface area contributed by atoms with Crippen LogP contribution in [0.3, 0.4) is 0 Å². The van der Waals surface area contributed by atoms with Gasteiger partial charge in [0.2, 0.25) is 0 Å². The molecule has 0 aliphatic carbocycles. The van der Waals surface area contributed by atoms with E-state index >= 15 is 0 Å². The molecule has 0 aromatic heterocycles. The standard InChI is InChI=1S/C17H26FNO2.ClH/c1-21-11-3-2-9-17(20,15-7-5-10-19-13-15)14-6-4-8-16(18)12-14;/h4,6,8,12,15,19-20H,2-3,5,7,9-11,13H2,1H3;1H/t15?,17-;/m1./s1. The summed E-state index contributed by atoms with van der Waals surface area (Å²) >= 11 is 0. The number of piperidine rings is 1. The Morgan fingerprint density at radius 2 is 2.23 bits per heavy atom. The monoisotopic (exact) mass is 331 g/mol. The molecule has 0 bridgehead atoms. The smallest absolute Gasteiger partial charge is 0.123 e. The third-order valence-corrected chi connectivity index (χ3v) is 4.45. The third kappa shape index (κ3) is 4.92. The van der Waals surface area contributed by atoms with E-state index < -0.39 is 5.60 Å². The molecule has 5 heteroatoms. The number of benzene rings is 1. The summed E-state index contributed by atoms with van der Waals surface area (Å²) in [5.41, 5.74) is -0.253. The topological polar surface area (TPSA) is 41.5 Å². The van der Waals surface area contributed by atoms with Gasteiger partial charge in [-0.2, -0.15) is 0 Å². The Morgan fingerprint density at radius 1 is 1.41 bits per heavy atom. The highest BCUT2D eigenvalue weighted by Gasteiger charge is 2.38. The number of hydrogen-bond acceptors (Lipinski definition) is 3. The largest absolute Gasteiger partial charge is 0.385 e. The lowest BCUT2D eigenvalue weighted by Crippen LogP contribution is -2.44. The Bertz CT molecular complexity index is 440. The molecule has 0 radical (unpaired) electrons. The van der Waals surface area contributed by atoms with Crippen molar-refractivity contribution in [3.8, 4) is 0 Å². The van der Waals surface area contributed by atoms with Crippen molar-refractivity contribution in [2.75, 3.05) is 26.8 Å². The van der Waals surface area contributed by atoms with E-state index in [1.54, 1.807) is 13.2 Å². The van der Waals surface area contributed by atoms with Gasteiger partial charge < -0.3 is 15.2 Å². The van der Waals surface area contributed by atoms with Crippen LogP contribution in [0.5, 0.6) is 0 Å². The second kappa shape index (κ2) is 9.46. The Balaban J connectivity index is 0.00000242. The van der Waals surface area contributed by atoms with E-state index in [0.717, 1.165) is 38.8 Å². The molecule has 1 unspecified atom stereocenters. The molecule has 2 N–H and O–H groups in total. The number of nitrogens with one attached hydrogen (secondary N) is 1. The first kappa shape index (κ1) is 19.4. The number of rotatable bonds is 7. The van der Waals surface area contributed by atoms with E-state index in [1.165, 1.54) is 12.1 Å². The number of ether oxygens (including phenoxy) is 1. The van der Waals surface area contributed by atoms with Crippen LogP contribution < -0.4 is 5.32 Å². The van der Waals surface area contributed by atoms with Gasteiger partial charge in [-0.25, -0.2) is 4.39 Å². The molecule has 2 rings (SSSR count). The summed E-state index contributed by atoms with van der Waals surface area (Å²) in [6.07, 6.45) is 4.46. The Morgan fingerprint density at radius 3 is 2.86 bits per heavy atom. The first-order valence-electron chi connectivity index (χ1n) is 7.85. The lowest BCUT2D eigenvalue weighted by molar-refractivity contribution is -0.0436. The van der Waals surface area contributed by atoms with Crippen molar-refractivity contribution in [1.82, 2.24) is 5.32 Å². The fourth-order valence-electron chi connectivity index (χ4n) is 3.24. The molecule has 1 aromatic rings. The van der Waals surface area contributed by atoms with Crippen LogP contribution in [0.15, 0.2) is 24.3 Å². The van der Waals surface area contributed by atoms with Gasteiger partial charge >= 0.3 is 0 Å². The molecular formula is C17H27ClFNO2. The molecule has 0 saturated carbocycles. The van der Waals surface area contributed by atoms with E-state index in [2.05, 4.69) is 5.32 Å². The molecule has 1 aromatic carbocycles. The maximum Gasteiger partial charge on any atom is 0.123 e. The van der Waals surface area contributed by atoms with Crippen LogP contribution in [0.1, 0.15) is 37.7 Å². The Kier molecular flexibility index (Phi) is 8.33. The molecule has 0 amide bonds. The highest BCUT2D eigenvalue weighted by atomic mass is 35.5. The average Bonchev–Trinajstić information content (AvgIpc) is 2.52. The Hall–Kier alpha value is -0.680. The number of hydrogen-bond donors (Lipinski definition) is 2. The van der Waals surface area contributed by atoms with Crippen molar-refractivity contribution in [3.05, 3.63) is 35.6 Å². The summed E-state index contributed by atoms with van der Waals surface area (Å²) in [6, 6.07) is 6.42. The minimum absolute atomic E-state index is 0. The maximum absolute atomic E-state index is 13.6. The molecule has 3 nitrogen and oxygen atoms in total. The third-order valence-electron chi connectivity index (χ3n) is 4.45. The summed E-state index contributed by atoms with van der Waals surface area (Å²) < 4.78 is 18.6. The van der Waals surface area contributed by atoms with Crippen molar-refractivity contribution < 1.29 is 14.2 Å². The molecule has 0 spiro atoms. The highest BCUT2D eigenvalue weighted by molar-refractivity contribution is 5.85. The number of aliphatic hydroxyl groups is 1. The predicted molar refractivity (Wildman–Crippen MR) is 88.9 cm³/mol. The van der Waals surface area contributed by atoms with Crippen molar-refractivity contribution in [3.63, 3.8) is 0 Å². The molecule has 1 saturated heterocycles. The van der Waals surface area contributed by atoms with Crippen LogP contribution in [0.2, 0.25) is 0 Å². The van der Waals surface area contributed by atoms with Gasteiger partial charge in [0.25, 0.3) is 0 Å². The van der Waals surface area contributed by atoms with Gasteiger partial charge in [0.05, 0.1) is 5.60 Å². The first-order valence-corrected chi connectivity index (χ1v) is 7.85. The summed E-state index contributed by atoms with van der Waals surface area (Å²) in [5, 5.41) is 14.6. The van der Waals surface area contributed by atoms with Gasteiger partial charge in [0, 0.05) is 26.2 Å². The van der Waals surface area contributed by atoms with E-state index in [1.807, 2.05) is 6.07 Å².